The Balaban J connectivity index is 0.000000538. The molecule has 1 N–H and O–H groups in total. The lowest BCUT2D eigenvalue weighted by atomic mass is 9.79. The van der Waals surface area contributed by atoms with E-state index >= 15 is 0 Å². The SMILES string of the molecule is CC(=O)OC1CC(CCC(C)(C)C)CCC1O.CC(C)(C)C.CC(C)(C)c1ccccc1. The van der Waals surface area contributed by atoms with Gasteiger partial charge in [-0.2, -0.15) is 0 Å². The first-order valence-corrected chi connectivity index (χ1v) is 12.3. The predicted octanol–water partition coefficient (Wildman–Crippen LogP) is 7.94. The van der Waals surface area contributed by atoms with Crippen molar-refractivity contribution in [2.45, 2.75) is 126 Å². The summed E-state index contributed by atoms with van der Waals surface area (Å²) in [6.45, 7) is 23.6. The first-order valence-electron chi connectivity index (χ1n) is 12.3. The van der Waals surface area contributed by atoms with Crippen molar-refractivity contribution in [2.24, 2.45) is 16.7 Å². The van der Waals surface area contributed by atoms with Crippen LogP contribution in [0.3, 0.4) is 0 Å². The summed E-state index contributed by atoms with van der Waals surface area (Å²) < 4.78 is 5.18. The van der Waals surface area contributed by atoms with Crippen LogP contribution in [0.5, 0.6) is 0 Å². The Morgan fingerprint density at radius 1 is 0.938 bits per heavy atom. The molecular formula is C29H52O3. The molecule has 3 heteroatoms. The number of aliphatic hydroxyl groups is 1. The highest BCUT2D eigenvalue weighted by molar-refractivity contribution is 5.66. The van der Waals surface area contributed by atoms with E-state index in [2.05, 4.69) is 99.6 Å². The highest BCUT2D eigenvalue weighted by atomic mass is 16.6. The minimum absolute atomic E-state index is 0.286. The fourth-order valence-corrected chi connectivity index (χ4v) is 3.37. The van der Waals surface area contributed by atoms with Gasteiger partial charge in [-0.3, -0.25) is 4.79 Å². The number of rotatable bonds is 3. The van der Waals surface area contributed by atoms with Crippen molar-refractivity contribution in [3.05, 3.63) is 35.9 Å². The zero-order valence-corrected chi connectivity index (χ0v) is 22.9. The van der Waals surface area contributed by atoms with Gasteiger partial charge in [-0.25, -0.2) is 0 Å². The molecule has 1 aliphatic carbocycles. The van der Waals surface area contributed by atoms with E-state index in [1.807, 2.05) is 0 Å². The quantitative estimate of drug-likeness (QED) is 0.477. The summed E-state index contributed by atoms with van der Waals surface area (Å²) in [6.07, 6.45) is 4.21. The number of carbonyl (C=O) groups excluding carboxylic acids is 1. The van der Waals surface area contributed by atoms with Crippen LogP contribution < -0.4 is 0 Å². The zero-order valence-electron chi connectivity index (χ0n) is 22.9. The number of carbonyl (C=O) groups is 1. The second-order valence-electron chi connectivity index (χ2n) is 13.1. The number of hydrogen-bond donors (Lipinski definition) is 1. The van der Waals surface area contributed by atoms with Crippen LogP contribution in [0.15, 0.2) is 30.3 Å². The van der Waals surface area contributed by atoms with Crippen LogP contribution in [0.25, 0.3) is 0 Å². The third-order valence-corrected chi connectivity index (χ3v) is 5.13. The molecule has 1 aromatic carbocycles. The molecule has 186 valence electrons. The molecular weight excluding hydrogens is 396 g/mol. The summed E-state index contributed by atoms with van der Waals surface area (Å²) in [5.41, 5.74) is 2.55. The number of esters is 1. The van der Waals surface area contributed by atoms with Gasteiger partial charge in [0.15, 0.2) is 0 Å². The second-order valence-corrected chi connectivity index (χ2v) is 13.1. The Kier molecular flexibility index (Phi) is 12.8. The van der Waals surface area contributed by atoms with Gasteiger partial charge in [0.25, 0.3) is 0 Å². The second kappa shape index (κ2) is 13.4. The van der Waals surface area contributed by atoms with E-state index < -0.39 is 6.10 Å². The van der Waals surface area contributed by atoms with Crippen molar-refractivity contribution >= 4 is 5.97 Å². The van der Waals surface area contributed by atoms with Crippen LogP contribution in [0.1, 0.15) is 114 Å². The lowest BCUT2D eigenvalue weighted by Gasteiger charge is -2.33. The third-order valence-electron chi connectivity index (χ3n) is 5.13. The van der Waals surface area contributed by atoms with E-state index in [9.17, 15) is 9.90 Å². The minimum Gasteiger partial charge on any atom is -0.460 e. The molecule has 0 aliphatic heterocycles. The predicted molar refractivity (Wildman–Crippen MR) is 138 cm³/mol. The van der Waals surface area contributed by atoms with Gasteiger partial charge in [0.1, 0.15) is 6.10 Å². The van der Waals surface area contributed by atoms with Crippen LogP contribution in [0.2, 0.25) is 0 Å². The van der Waals surface area contributed by atoms with E-state index in [1.54, 1.807) is 0 Å². The molecule has 1 fully saturated rings. The average Bonchev–Trinajstić information content (AvgIpc) is 2.60. The molecule has 0 heterocycles. The van der Waals surface area contributed by atoms with Gasteiger partial charge in [-0.15, -0.1) is 0 Å². The van der Waals surface area contributed by atoms with Gasteiger partial charge in [-0.1, -0.05) is 99.6 Å². The maximum Gasteiger partial charge on any atom is 0.302 e. The lowest BCUT2D eigenvalue weighted by Crippen LogP contribution is -2.37. The van der Waals surface area contributed by atoms with E-state index in [0.717, 1.165) is 25.7 Å². The molecule has 0 bridgehead atoms. The number of benzene rings is 1. The monoisotopic (exact) mass is 448 g/mol. The molecule has 0 radical (unpaired) electrons. The third kappa shape index (κ3) is 17.2. The molecule has 3 unspecified atom stereocenters. The summed E-state index contributed by atoms with van der Waals surface area (Å²) in [4.78, 5) is 10.9. The summed E-state index contributed by atoms with van der Waals surface area (Å²) in [5.74, 6) is 0.299. The van der Waals surface area contributed by atoms with E-state index in [-0.39, 0.29) is 12.1 Å². The van der Waals surface area contributed by atoms with Crippen LogP contribution >= 0.6 is 0 Å². The summed E-state index contributed by atoms with van der Waals surface area (Å²) in [6, 6.07) is 10.6. The topological polar surface area (TPSA) is 46.5 Å². The minimum atomic E-state index is -0.468. The maximum absolute atomic E-state index is 10.9. The van der Waals surface area contributed by atoms with Crippen molar-refractivity contribution in [1.29, 1.82) is 0 Å². The van der Waals surface area contributed by atoms with Crippen LogP contribution in [-0.2, 0) is 14.9 Å². The molecule has 3 nitrogen and oxygen atoms in total. The molecule has 0 amide bonds. The Labute approximate surface area is 199 Å². The Bertz CT molecular complexity index is 623. The van der Waals surface area contributed by atoms with Crippen LogP contribution in [0.4, 0.5) is 0 Å². The smallest absolute Gasteiger partial charge is 0.302 e. The van der Waals surface area contributed by atoms with E-state index in [0.29, 0.717) is 22.2 Å². The molecule has 0 aromatic heterocycles. The zero-order chi connectivity index (χ0) is 25.2. The van der Waals surface area contributed by atoms with Crippen molar-refractivity contribution in [2.75, 3.05) is 0 Å². The molecule has 1 aromatic rings. The normalized spacial score (nSPS) is 21.4. The number of aliphatic hydroxyl groups excluding tert-OH is 1. The van der Waals surface area contributed by atoms with Crippen molar-refractivity contribution < 1.29 is 14.6 Å². The van der Waals surface area contributed by atoms with Crippen molar-refractivity contribution in [3.8, 4) is 0 Å². The van der Waals surface area contributed by atoms with Crippen molar-refractivity contribution in [3.63, 3.8) is 0 Å². The molecule has 32 heavy (non-hydrogen) atoms. The molecule has 1 aliphatic rings. The standard InChI is InChI=1S/C14H26O3.C10H14.C5H12/c1-10(15)17-13-9-11(5-6-12(13)16)7-8-14(2,3)4;1-10(2,3)9-7-5-4-6-8-9;1-5(2,3)4/h11-13,16H,5-9H2,1-4H3;4-8H,1-3H3;1-4H3. The van der Waals surface area contributed by atoms with Crippen molar-refractivity contribution in [1.82, 2.24) is 0 Å². The Morgan fingerprint density at radius 3 is 1.81 bits per heavy atom. The average molecular weight is 449 g/mol. The molecule has 1 saturated carbocycles. The van der Waals surface area contributed by atoms with Gasteiger partial charge < -0.3 is 9.84 Å². The molecule has 0 spiro atoms. The number of hydrogen-bond acceptors (Lipinski definition) is 3. The number of ether oxygens (including phenoxy) is 1. The van der Waals surface area contributed by atoms with Gasteiger partial charge in [0, 0.05) is 6.92 Å². The highest BCUT2D eigenvalue weighted by Crippen LogP contribution is 2.33. The highest BCUT2D eigenvalue weighted by Gasteiger charge is 2.31. The molecule has 0 saturated heterocycles. The summed E-state index contributed by atoms with van der Waals surface area (Å²) >= 11 is 0. The summed E-state index contributed by atoms with van der Waals surface area (Å²) in [5, 5.41) is 9.79. The van der Waals surface area contributed by atoms with Gasteiger partial charge in [0.05, 0.1) is 6.10 Å². The Hall–Kier alpha value is -1.35. The molecule has 2 rings (SSSR count). The van der Waals surface area contributed by atoms with E-state index in [1.165, 1.54) is 18.9 Å². The summed E-state index contributed by atoms with van der Waals surface area (Å²) in [7, 11) is 0. The lowest BCUT2D eigenvalue weighted by molar-refractivity contribution is -0.156. The first-order chi connectivity index (χ1) is 14.4. The Morgan fingerprint density at radius 2 is 1.44 bits per heavy atom. The van der Waals surface area contributed by atoms with E-state index in [4.69, 9.17) is 4.74 Å². The van der Waals surface area contributed by atoms with Crippen LogP contribution in [-0.4, -0.2) is 23.3 Å². The van der Waals surface area contributed by atoms with Gasteiger partial charge in [0.2, 0.25) is 0 Å². The maximum atomic E-state index is 10.9. The first kappa shape index (κ1) is 30.6. The van der Waals surface area contributed by atoms with Gasteiger partial charge >= 0.3 is 5.97 Å². The van der Waals surface area contributed by atoms with Crippen LogP contribution in [0, 0.1) is 16.7 Å². The fraction of sp³-hybridized carbons (Fsp3) is 0.759. The molecule has 3 atom stereocenters. The van der Waals surface area contributed by atoms with Gasteiger partial charge in [-0.05, 0) is 59.8 Å². The largest absolute Gasteiger partial charge is 0.460 e. The fourth-order valence-electron chi connectivity index (χ4n) is 3.37.